The van der Waals surface area contributed by atoms with E-state index >= 15 is 0 Å². The Labute approximate surface area is 80.9 Å². The fourth-order valence-corrected chi connectivity index (χ4v) is 1.37. The maximum absolute atomic E-state index is 11.3. The SMILES string of the molecule is CCOC(=O)c1cc2oc(C)cc2[nH]1. The second kappa shape index (κ2) is 3.21. The van der Waals surface area contributed by atoms with E-state index in [1.807, 2.05) is 13.0 Å². The molecule has 2 heterocycles. The van der Waals surface area contributed by atoms with Gasteiger partial charge in [-0.15, -0.1) is 0 Å². The second-order valence-electron chi connectivity index (χ2n) is 3.04. The summed E-state index contributed by atoms with van der Waals surface area (Å²) in [6.07, 6.45) is 0. The number of aromatic amines is 1. The van der Waals surface area contributed by atoms with Gasteiger partial charge in [0.15, 0.2) is 5.58 Å². The minimum absolute atomic E-state index is 0.350. The van der Waals surface area contributed by atoms with Crippen LogP contribution in [-0.4, -0.2) is 17.6 Å². The van der Waals surface area contributed by atoms with Gasteiger partial charge in [-0.25, -0.2) is 4.79 Å². The largest absolute Gasteiger partial charge is 0.461 e. The average Bonchev–Trinajstić information content (AvgIpc) is 2.61. The summed E-state index contributed by atoms with van der Waals surface area (Å²) in [4.78, 5) is 14.2. The highest BCUT2D eigenvalue weighted by Gasteiger charge is 2.12. The van der Waals surface area contributed by atoms with Crippen LogP contribution in [0.25, 0.3) is 11.1 Å². The molecule has 0 saturated heterocycles. The molecule has 0 atom stereocenters. The first-order valence-electron chi connectivity index (χ1n) is 4.47. The molecular formula is C10H11NO3. The summed E-state index contributed by atoms with van der Waals surface area (Å²) in [6, 6.07) is 3.50. The minimum Gasteiger partial charge on any atom is -0.461 e. The molecule has 0 fully saturated rings. The van der Waals surface area contributed by atoms with E-state index in [4.69, 9.17) is 9.15 Å². The molecule has 0 saturated carbocycles. The summed E-state index contributed by atoms with van der Waals surface area (Å²) in [5.41, 5.74) is 1.94. The van der Waals surface area contributed by atoms with Crippen LogP contribution >= 0.6 is 0 Å². The number of ether oxygens (including phenoxy) is 1. The predicted octanol–water partition coefficient (Wildman–Crippen LogP) is 2.25. The molecule has 0 aliphatic carbocycles. The van der Waals surface area contributed by atoms with Crippen molar-refractivity contribution in [1.29, 1.82) is 0 Å². The number of hydrogen-bond donors (Lipinski definition) is 1. The second-order valence-corrected chi connectivity index (χ2v) is 3.04. The molecule has 0 aromatic carbocycles. The van der Waals surface area contributed by atoms with E-state index < -0.39 is 0 Å². The standard InChI is InChI=1S/C10H11NO3/c1-3-13-10(12)8-5-9-7(11-8)4-6(2)14-9/h4-5,11H,3H2,1-2H3. The Morgan fingerprint density at radius 2 is 2.36 bits per heavy atom. The number of carbonyl (C=O) groups is 1. The van der Waals surface area contributed by atoms with E-state index in [1.54, 1.807) is 13.0 Å². The summed E-state index contributed by atoms with van der Waals surface area (Å²) in [6.45, 7) is 4.01. The van der Waals surface area contributed by atoms with Crippen LogP contribution < -0.4 is 0 Å². The van der Waals surface area contributed by atoms with Gasteiger partial charge in [-0.1, -0.05) is 0 Å². The third-order valence-electron chi connectivity index (χ3n) is 1.92. The van der Waals surface area contributed by atoms with Crippen LogP contribution in [0.4, 0.5) is 0 Å². The van der Waals surface area contributed by atoms with Gasteiger partial charge >= 0.3 is 5.97 Å². The van der Waals surface area contributed by atoms with E-state index in [0.29, 0.717) is 17.9 Å². The average molecular weight is 193 g/mol. The molecule has 4 nitrogen and oxygen atoms in total. The van der Waals surface area contributed by atoms with Crippen LogP contribution in [0, 0.1) is 6.92 Å². The zero-order valence-electron chi connectivity index (χ0n) is 8.09. The Hall–Kier alpha value is -1.71. The van der Waals surface area contributed by atoms with Crippen molar-refractivity contribution in [3.05, 3.63) is 23.6 Å². The molecule has 4 heteroatoms. The smallest absolute Gasteiger partial charge is 0.354 e. The van der Waals surface area contributed by atoms with Gasteiger partial charge in [0.25, 0.3) is 0 Å². The van der Waals surface area contributed by atoms with E-state index in [9.17, 15) is 4.79 Å². The van der Waals surface area contributed by atoms with Crippen molar-refractivity contribution >= 4 is 17.1 Å². The van der Waals surface area contributed by atoms with Crippen molar-refractivity contribution in [2.75, 3.05) is 6.61 Å². The van der Waals surface area contributed by atoms with E-state index in [1.165, 1.54) is 0 Å². The molecule has 0 spiro atoms. The van der Waals surface area contributed by atoms with Gasteiger partial charge < -0.3 is 14.1 Å². The van der Waals surface area contributed by atoms with E-state index in [-0.39, 0.29) is 5.97 Å². The molecule has 0 unspecified atom stereocenters. The Morgan fingerprint density at radius 3 is 3.00 bits per heavy atom. The molecule has 2 aromatic rings. The van der Waals surface area contributed by atoms with Crippen LogP contribution in [0.2, 0.25) is 0 Å². The molecule has 0 aliphatic heterocycles. The van der Waals surface area contributed by atoms with E-state index in [0.717, 1.165) is 11.3 Å². The maximum Gasteiger partial charge on any atom is 0.354 e. The number of fused-ring (bicyclic) bond motifs is 1. The zero-order valence-corrected chi connectivity index (χ0v) is 8.09. The molecule has 0 radical (unpaired) electrons. The van der Waals surface area contributed by atoms with Crippen LogP contribution in [-0.2, 0) is 4.74 Å². The third kappa shape index (κ3) is 1.39. The topological polar surface area (TPSA) is 55.2 Å². The normalized spacial score (nSPS) is 10.7. The molecule has 1 N–H and O–H groups in total. The number of furan rings is 1. The highest BCUT2D eigenvalue weighted by Crippen LogP contribution is 2.19. The summed E-state index contributed by atoms with van der Waals surface area (Å²) in [5, 5.41) is 0. The zero-order chi connectivity index (χ0) is 10.1. The molecule has 14 heavy (non-hydrogen) atoms. The monoisotopic (exact) mass is 193 g/mol. The number of rotatable bonds is 2. The molecule has 2 rings (SSSR count). The maximum atomic E-state index is 11.3. The summed E-state index contributed by atoms with van der Waals surface area (Å²) in [5.74, 6) is 0.471. The first-order valence-corrected chi connectivity index (χ1v) is 4.47. The van der Waals surface area contributed by atoms with Gasteiger partial charge in [-0.3, -0.25) is 0 Å². The van der Waals surface area contributed by atoms with Crippen molar-refractivity contribution in [3.63, 3.8) is 0 Å². The Balaban J connectivity index is 2.36. The van der Waals surface area contributed by atoms with E-state index in [2.05, 4.69) is 4.98 Å². The predicted molar refractivity (Wildman–Crippen MR) is 51.3 cm³/mol. The Morgan fingerprint density at radius 1 is 1.57 bits per heavy atom. The first kappa shape index (κ1) is 8.87. The van der Waals surface area contributed by atoms with Crippen molar-refractivity contribution in [2.24, 2.45) is 0 Å². The van der Waals surface area contributed by atoms with Crippen LogP contribution in [0.5, 0.6) is 0 Å². The van der Waals surface area contributed by atoms with Gasteiger partial charge in [-0.05, 0) is 13.8 Å². The van der Waals surface area contributed by atoms with Crippen molar-refractivity contribution in [1.82, 2.24) is 4.98 Å². The highest BCUT2D eigenvalue weighted by atomic mass is 16.5. The van der Waals surface area contributed by atoms with Gasteiger partial charge in [0.05, 0.1) is 12.1 Å². The Bertz CT molecular complexity index is 435. The molecule has 0 bridgehead atoms. The van der Waals surface area contributed by atoms with Crippen LogP contribution in [0.15, 0.2) is 16.5 Å². The molecule has 0 amide bonds. The molecule has 74 valence electrons. The number of esters is 1. The lowest BCUT2D eigenvalue weighted by Gasteiger charge is -1.96. The number of aryl methyl sites for hydroxylation is 1. The number of nitrogens with one attached hydrogen (secondary N) is 1. The number of aromatic nitrogens is 1. The Kier molecular flexibility index (Phi) is 2.04. The lowest BCUT2D eigenvalue weighted by molar-refractivity contribution is 0.0520. The number of hydrogen-bond acceptors (Lipinski definition) is 3. The van der Waals surface area contributed by atoms with Gasteiger partial charge in [0.2, 0.25) is 0 Å². The fourth-order valence-electron chi connectivity index (χ4n) is 1.37. The van der Waals surface area contributed by atoms with Crippen molar-refractivity contribution in [3.8, 4) is 0 Å². The summed E-state index contributed by atoms with van der Waals surface area (Å²) >= 11 is 0. The summed E-state index contributed by atoms with van der Waals surface area (Å²) in [7, 11) is 0. The minimum atomic E-state index is -0.350. The number of carbonyl (C=O) groups excluding carboxylic acids is 1. The first-order chi connectivity index (χ1) is 6.70. The fraction of sp³-hybridized carbons (Fsp3) is 0.300. The quantitative estimate of drug-likeness (QED) is 0.744. The highest BCUT2D eigenvalue weighted by molar-refractivity contribution is 5.93. The molecule has 0 aliphatic rings. The number of H-pyrrole nitrogens is 1. The molecule has 2 aromatic heterocycles. The van der Waals surface area contributed by atoms with Crippen molar-refractivity contribution < 1.29 is 13.9 Å². The van der Waals surface area contributed by atoms with Crippen molar-refractivity contribution in [2.45, 2.75) is 13.8 Å². The van der Waals surface area contributed by atoms with Gasteiger partial charge in [-0.2, -0.15) is 0 Å². The lowest BCUT2D eigenvalue weighted by Crippen LogP contribution is -2.04. The van der Waals surface area contributed by atoms with Crippen LogP contribution in [0.3, 0.4) is 0 Å². The third-order valence-corrected chi connectivity index (χ3v) is 1.92. The lowest BCUT2D eigenvalue weighted by atomic mass is 10.4. The van der Waals surface area contributed by atoms with Gasteiger partial charge in [0.1, 0.15) is 11.5 Å². The van der Waals surface area contributed by atoms with Gasteiger partial charge in [0, 0.05) is 12.1 Å². The summed E-state index contributed by atoms with van der Waals surface area (Å²) < 4.78 is 10.2. The van der Waals surface area contributed by atoms with Crippen LogP contribution in [0.1, 0.15) is 23.2 Å². The molecular weight excluding hydrogens is 182 g/mol.